The van der Waals surface area contributed by atoms with E-state index in [0.29, 0.717) is 18.3 Å². The van der Waals surface area contributed by atoms with Crippen molar-refractivity contribution in [3.8, 4) is 0 Å². The first kappa shape index (κ1) is 15.5. The normalized spacial score (nSPS) is 18.5. The molecule has 0 aliphatic carbocycles. The number of hydrogen-bond acceptors (Lipinski definition) is 3. The van der Waals surface area contributed by atoms with Crippen LogP contribution in [0, 0.1) is 5.82 Å². The van der Waals surface area contributed by atoms with Gasteiger partial charge in [-0.15, -0.1) is 11.3 Å². The summed E-state index contributed by atoms with van der Waals surface area (Å²) < 4.78 is 13.0. The number of hydrogen-bond donors (Lipinski definition) is 1. The fourth-order valence-corrected chi connectivity index (χ4v) is 3.89. The number of likely N-dealkylation sites (tertiary alicyclic amines) is 1. The van der Waals surface area contributed by atoms with Gasteiger partial charge >= 0.3 is 0 Å². The molecule has 0 bridgehead atoms. The minimum atomic E-state index is -0.416. The van der Waals surface area contributed by atoms with E-state index in [-0.39, 0.29) is 10.9 Å². The average molecular weight is 339 g/mol. The first-order valence-corrected chi connectivity index (χ1v) is 8.41. The number of benzene rings is 1. The molecule has 1 fully saturated rings. The Labute approximate surface area is 137 Å². The second-order valence-electron chi connectivity index (χ2n) is 5.32. The van der Waals surface area contributed by atoms with Crippen molar-refractivity contribution in [2.75, 3.05) is 18.4 Å². The summed E-state index contributed by atoms with van der Waals surface area (Å²) >= 11 is 7.66. The smallest absolute Gasteiger partial charge is 0.238 e. The first-order valence-electron chi connectivity index (χ1n) is 7.16. The highest BCUT2D eigenvalue weighted by Crippen LogP contribution is 2.34. The molecule has 1 aromatic carbocycles. The lowest BCUT2D eigenvalue weighted by atomic mass is 10.2. The molecular formula is C16H16ClFN2OS. The van der Waals surface area contributed by atoms with Gasteiger partial charge in [-0.05, 0) is 49.0 Å². The van der Waals surface area contributed by atoms with Crippen LogP contribution in [-0.2, 0) is 4.79 Å². The zero-order valence-corrected chi connectivity index (χ0v) is 13.5. The highest BCUT2D eigenvalue weighted by atomic mass is 35.5. The number of anilines is 1. The Bertz CT molecular complexity index is 662. The predicted octanol–water partition coefficient (Wildman–Crippen LogP) is 4.32. The third-order valence-electron chi connectivity index (χ3n) is 3.79. The zero-order chi connectivity index (χ0) is 15.5. The average Bonchev–Trinajstić information content (AvgIpc) is 3.12. The second kappa shape index (κ2) is 6.77. The molecule has 2 heterocycles. The van der Waals surface area contributed by atoms with Crippen molar-refractivity contribution < 1.29 is 9.18 Å². The van der Waals surface area contributed by atoms with Crippen LogP contribution < -0.4 is 5.32 Å². The van der Waals surface area contributed by atoms with Gasteiger partial charge in [0, 0.05) is 10.9 Å². The Hall–Kier alpha value is -1.43. The molecule has 1 saturated heterocycles. The summed E-state index contributed by atoms with van der Waals surface area (Å²) in [7, 11) is 0. The van der Waals surface area contributed by atoms with E-state index in [1.54, 1.807) is 11.3 Å². The van der Waals surface area contributed by atoms with Gasteiger partial charge in [-0.1, -0.05) is 17.7 Å². The summed E-state index contributed by atoms with van der Waals surface area (Å²) in [6, 6.07) is 8.43. The molecule has 2 aromatic rings. The topological polar surface area (TPSA) is 32.3 Å². The van der Waals surface area contributed by atoms with Crippen molar-refractivity contribution in [3.05, 3.63) is 51.4 Å². The van der Waals surface area contributed by atoms with E-state index in [4.69, 9.17) is 11.6 Å². The molecule has 116 valence electrons. The van der Waals surface area contributed by atoms with Gasteiger partial charge in [-0.25, -0.2) is 4.39 Å². The van der Waals surface area contributed by atoms with Crippen LogP contribution in [0.3, 0.4) is 0 Å². The van der Waals surface area contributed by atoms with E-state index < -0.39 is 5.82 Å². The van der Waals surface area contributed by atoms with E-state index in [9.17, 15) is 9.18 Å². The van der Waals surface area contributed by atoms with Crippen molar-refractivity contribution in [2.24, 2.45) is 0 Å². The van der Waals surface area contributed by atoms with Crippen LogP contribution in [0.5, 0.6) is 0 Å². The Balaban J connectivity index is 1.64. The number of nitrogens with zero attached hydrogens (tertiary/aromatic N) is 1. The van der Waals surface area contributed by atoms with Crippen molar-refractivity contribution in [1.82, 2.24) is 4.90 Å². The molecule has 1 aromatic heterocycles. The molecular weight excluding hydrogens is 323 g/mol. The van der Waals surface area contributed by atoms with Gasteiger partial charge in [0.1, 0.15) is 5.82 Å². The van der Waals surface area contributed by atoms with Gasteiger partial charge in [0.05, 0.1) is 17.3 Å². The molecule has 3 rings (SSSR count). The molecule has 0 radical (unpaired) electrons. The van der Waals surface area contributed by atoms with Crippen molar-refractivity contribution in [2.45, 2.75) is 18.9 Å². The van der Waals surface area contributed by atoms with Crippen LogP contribution in [0.25, 0.3) is 0 Å². The van der Waals surface area contributed by atoms with E-state index in [1.165, 1.54) is 23.1 Å². The largest absolute Gasteiger partial charge is 0.324 e. The lowest BCUT2D eigenvalue weighted by Crippen LogP contribution is -2.32. The third-order valence-corrected chi connectivity index (χ3v) is 5.07. The number of thiophene rings is 1. The Morgan fingerprint density at radius 3 is 3.05 bits per heavy atom. The fraction of sp³-hybridized carbons (Fsp3) is 0.312. The number of carbonyl (C=O) groups is 1. The van der Waals surface area contributed by atoms with E-state index in [2.05, 4.69) is 21.7 Å². The summed E-state index contributed by atoms with van der Waals surface area (Å²) in [5.41, 5.74) is 0.444. The molecule has 0 unspecified atom stereocenters. The van der Waals surface area contributed by atoms with E-state index in [1.807, 2.05) is 6.07 Å². The Morgan fingerprint density at radius 2 is 2.32 bits per heavy atom. The van der Waals surface area contributed by atoms with Crippen LogP contribution in [0.15, 0.2) is 35.7 Å². The van der Waals surface area contributed by atoms with Gasteiger partial charge in [0.2, 0.25) is 5.91 Å². The zero-order valence-electron chi connectivity index (χ0n) is 11.9. The van der Waals surface area contributed by atoms with Crippen LogP contribution in [0.4, 0.5) is 10.1 Å². The molecule has 0 saturated carbocycles. The highest BCUT2D eigenvalue weighted by Gasteiger charge is 2.28. The maximum absolute atomic E-state index is 13.0. The molecule has 1 N–H and O–H groups in total. The molecule has 1 aliphatic rings. The van der Waals surface area contributed by atoms with Crippen molar-refractivity contribution >= 4 is 34.5 Å². The monoisotopic (exact) mass is 338 g/mol. The van der Waals surface area contributed by atoms with Crippen LogP contribution >= 0.6 is 22.9 Å². The minimum absolute atomic E-state index is 0.128. The summed E-state index contributed by atoms with van der Waals surface area (Å²) in [6.45, 7) is 1.23. The molecule has 1 atom stereocenters. The van der Waals surface area contributed by atoms with E-state index in [0.717, 1.165) is 19.4 Å². The summed E-state index contributed by atoms with van der Waals surface area (Å²) in [5, 5.41) is 5.03. The molecule has 0 spiro atoms. The maximum Gasteiger partial charge on any atom is 0.238 e. The Kier molecular flexibility index (Phi) is 4.76. The van der Waals surface area contributed by atoms with E-state index >= 15 is 0 Å². The van der Waals surface area contributed by atoms with Crippen molar-refractivity contribution in [3.63, 3.8) is 0 Å². The summed E-state index contributed by atoms with van der Waals surface area (Å²) in [4.78, 5) is 15.7. The number of amides is 1. The van der Waals surface area contributed by atoms with Crippen LogP contribution in [0.1, 0.15) is 23.8 Å². The third kappa shape index (κ3) is 3.48. The summed E-state index contributed by atoms with van der Waals surface area (Å²) in [5.74, 6) is -0.544. The van der Waals surface area contributed by atoms with Gasteiger partial charge in [-0.3, -0.25) is 9.69 Å². The quantitative estimate of drug-likeness (QED) is 0.900. The molecule has 1 aliphatic heterocycles. The van der Waals surface area contributed by atoms with Gasteiger partial charge in [0.25, 0.3) is 0 Å². The fourth-order valence-electron chi connectivity index (χ4n) is 2.78. The van der Waals surface area contributed by atoms with Crippen molar-refractivity contribution in [1.29, 1.82) is 0 Å². The number of rotatable bonds is 4. The van der Waals surface area contributed by atoms with Crippen LogP contribution in [-0.4, -0.2) is 23.9 Å². The number of halogens is 2. The standard InChI is InChI=1S/C16H16ClFN2OS/c17-12-9-11(18)5-6-13(12)19-16(21)10-20-7-1-3-14(20)15-4-2-8-22-15/h2,4-6,8-9,14H,1,3,7,10H2,(H,19,21)/t14-/m1/s1. The lowest BCUT2D eigenvalue weighted by molar-refractivity contribution is -0.117. The van der Waals surface area contributed by atoms with Crippen LogP contribution in [0.2, 0.25) is 5.02 Å². The molecule has 1 amide bonds. The number of nitrogens with one attached hydrogen (secondary N) is 1. The number of carbonyl (C=O) groups excluding carboxylic acids is 1. The second-order valence-corrected chi connectivity index (χ2v) is 6.70. The SMILES string of the molecule is O=C(CN1CCC[C@@H]1c1cccs1)Nc1ccc(F)cc1Cl. The lowest BCUT2D eigenvalue weighted by Gasteiger charge is -2.23. The van der Waals surface area contributed by atoms with Gasteiger partial charge < -0.3 is 5.32 Å². The van der Waals surface area contributed by atoms with Gasteiger partial charge in [-0.2, -0.15) is 0 Å². The molecule has 6 heteroatoms. The maximum atomic E-state index is 13.0. The highest BCUT2D eigenvalue weighted by molar-refractivity contribution is 7.10. The summed E-state index contributed by atoms with van der Waals surface area (Å²) in [6.07, 6.45) is 2.16. The van der Waals surface area contributed by atoms with Gasteiger partial charge in [0.15, 0.2) is 0 Å². The molecule has 3 nitrogen and oxygen atoms in total. The minimum Gasteiger partial charge on any atom is -0.324 e. The Morgan fingerprint density at radius 1 is 1.45 bits per heavy atom. The molecule has 22 heavy (non-hydrogen) atoms. The predicted molar refractivity (Wildman–Crippen MR) is 87.9 cm³/mol. The first-order chi connectivity index (χ1) is 10.6.